The van der Waals surface area contributed by atoms with E-state index >= 15 is 0 Å². The predicted molar refractivity (Wildman–Crippen MR) is 270 cm³/mol. The van der Waals surface area contributed by atoms with Gasteiger partial charge in [-0.2, -0.15) is 0 Å². The van der Waals surface area contributed by atoms with Crippen molar-refractivity contribution in [3.63, 3.8) is 0 Å². The summed E-state index contributed by atoms with van der Waals surface area (Å²) in [5.41, 5.74) is 12.4. The fraction of sp³-hybridized carbons (Fsp3) is 0.155. The van der Waals surface area contributed by atoms with E-state index in [2.05, 4.69) is 195 Å². The van der Waals surface area contributed by atoms with Crippen molar-refractivity contribution in [2.24, 2.45) is 0 Å². The van der Waals surface area contributed by atoms with E-state index in [-0.39, 0.29) is 37.8 Å². The van der Waals surface area contributed by atoms with Gasteiger partial charge in [-0.15, -0.1) is 48.0 Å². The maximum atomic E-state index is 12.8. The number of para-hydroxylation sites is 2. The van der Waals surface area contributed by atoms with Gasteiger partial charge in [0.05, 0.1) is 22.4 Å². The largest absolute Gasteiger partial charge is 0.501 e. The van der Waals surface area contributed by atoms with Crippen molar-refractivity contribution in [2.75, 3.05) is 0 Å². The summed E-state index contributed by atoms with van der Waals surface area (Å²) in [6, 6.07) is 58.4. The maximum absolute atomic E-state index is 12.8. The Morgan fingerprint density at radius 3 is 2.08 bits per heavy atom. The summed E-state index contributed by atoms with van der Waals surface area (Å²) in [7, 11) is -1.45. The smallest absolute Gasteiger partial charge is 0.121 e. The van der Waals surface area contributed by atoms with Crippen molar-refractivity contribution in [1.82, 2.24) is 19.5 Å². The van der Waals surface area contributed by atoms with Gasteiger partial charge in [-0.25, -0.2) is 4.98 Å². The van der Waals surface area contributed by atoms with Crippen LogP contribution < -0.4 is 5.32 Å². The first-order chi connectivity index (χ1) is 31.4. The van der Waals surface area contributed by atoms with Gasteiger partial charge >= 0.3 is 0 Å². The minimum atomic E-state index is -1.45. The summed E-state index contributed by atoms with van der Waals surface area (Å²) in [6.07, 6.45) is 1.57. The van der Waals surface area contributed by atoms with Gasteiger partial charge in [0.2, 0.25) is 0 Å². The Labute approximate surface area is 399 Å². The van der Waals surface area contributed by atoms with Crippen LogP contribution in [-0.2, 0) is 20.1 Å². The van der Waals surface area contributed by atoms with Crippen molar-refractivity contribution in [1.29, 1.82) is 0 Å². The number of furan rings is 1. The van der Waals surface area contributed by atoms with Gasteiger partial charge in [0.25, 0.3) is 0 Å². The monoisotopic (exact) mass is 1060 g/mol. The van der Waals surface area contributed by atoms with E-state index in [1.807, 2.05) is 12.1 Å². The van der Waals surface area contributed by atoms with Gasteiger partial charge < -0.3 is 8.98 Å². The number of benzene rings is 8. The van der Waals surface area contributed by atoms with Gasteiger partial charge in [-0.1, -0.05) is 143 Å². The van der Waals surface area contributed by atoms with E-state index in [0.29, 0.717) is 0 Å². The number of fused-ring (bicyclic) bond motifs is 7. The van der Waals surface area contributed by atoms with Crippen LogP contribution in [0, 0.1) is 17.9 Å². The first-order valence-electron chi connectivity index (χ1n) is 22.3. The number of halogens is 1. The van der Waals surface area contributed by atoms with E-state index < -0.39 is 8.07 Å². The fourth-order valence-corrected chi connectivity index (χ4v) is 9.94. The number of nitrogens with zero attached hydrogens (tertiary/aromatic N) is 4. The Hall–Kier alpha value is -6.57. The second-order valence-corrected chi connectivity index (χ2v) is 23.5. The third kappa shape index (κ3) is 8.30. The molecule has 11 rings (SSSR count). The molecule has 1 radical (unpaired) electrons. The predicted octanol–water partition coefficient (Wildman–Crippen LogP) is 15.2. The van der Waals surface area contributed by atoms with Crippen LogP contribution in [0.3, 0.4) is 0 Å². The van der Waals surface area contributed by atoms with E-state index in [4.69, 9.17) is 9.40 Å². The average Bonchev–Trinajstić information content (AvgIpc) is 3.89. The van der Waals surface area contributed by atoms with Gasteiger partial charge in [0.1, 0.15) is 20.0 Å². The Kier molecular flexibility index (Phi) is 12.2. The van der Waals surface area contributed by atoms with Crippen LogP contribution in [-0.4, -0.2) is 27.6 Å². The molecule has 0 aliphatic heterocycles. The minimum absolute atomic E-state index is 0. The summed E-state index contributed by atoms with van der Waals surface area (Å²) < 4.78 is 22.0. The van der Waals surface area contributed by atoms with Crippen LogP contribution in [0.1, 0.15) is 50.7 Å². The van der Waals surface area contributed by atoms with Gasteiger partial charge in [-0.3, -0.25) is 14.4 Å². The molecule has 0 spiro atoms. The van der Waals surface area contributed by atoms with Gasteiger partial charge in [-0.05, 0) is 97.7 Å². The molecular formula is C58H49FIrN4OSi-2. The molecule has 0 atom stereocenters. The average molecular weight is 1060 g/mol. The van der Waals surface area contributed by atoms with E-state index in [1.165, 1.54) is 61.6 Å². The summed E-state index contributed by atoms with van der Waals surface area (Å²) >= 11 is 0. The molecule has 0 bridgehead atoms. The first kappa shape index (κ1) is 44.6. The third-order valence-corrected chi connectivity index (χ3v) is 14.1. The molecule has 5 nitrogen and oxygen atoms in total. The molecule has 8 heteroatoms. The first-order valence-corrected chi connectivity index (χ1v) is 25.8. The van der Waals surface area contributed by atoms with Gasteiger partial charge in [0.15, 0.2) is 0 Å². The van der Waals surface area contributed by atoms with Crippen LogP contribution in [0.25, 0.3) is 94.0 Å². The van der Waals surface area contributed by atoms with E-state index in [0.717, 1.165) is 60.9 Å². The maximum Gasteiger partial charge on any atom is 0.121 e. The molecule has 0 amide bonds. The molecular weight excluding hydrogens is 1010 g/mol. The van der Waals surface area contributed by atoms with Crippen LogP contribution in [0.15, 0.2) is 162 Å². The molecule has 3 heterocycles. The van der Waals surface area contributed by atoms with Crippen LogP contribution in [0.2, 0.25) is 19.6 Å². The summed E-state index contributed by atoms with van der Waals surface area (Å²) in [6.45, 7) is 15.8. The molecule has 0 aliphatic carbocycles. The third-order valence-electron chi connectivity index (χ3n) is 12.3. The second-order valence-electron chi connectivity index (χ2n) is 18.5. The fourth-order valence-electron chi connectivity index (χ4n) is 8.92. The Balaban J connectivity index is 0.000000257. The number of rotatable bonds is 7. The van der Waals surface area contributed by atoms with Crippen molar-refractivity contribution in [3.8, 4) is 39.5 Å². The number of imidazole rings is 1. The van der Waals surface area contributed by atoms with Crippen molar-refractivity contribution in [2.45, 2.75) is 59.2 Å². The van der Waals surface area contributed by atoms with Crippen molar-refractivity contribution >= 4 is 67.9 Å². The summed E-state index contributed by atoms with van der Waals surface area (Å²) in [5, 5.41) is 8.12. The number of hydrogen-bond acceptors (Lipinski definition) is 4. The Morgan fingerprint density at radius 2 is 1.35 bits per heavy atom. The Bertz CT molecular complexity index is 3520. The zero-order chi connectivity index (χ0) is 45.0. The summed E-state index contributed by atoms with van der Waals surface area (Å²) in [5.74, 6) is 1.12. The minimum Gasteiger partial charge on any atom is -0.501 e. The van der Waals surface area contributed by atoms with Crippen molar-refractivity contribution in [3.05, 3.63) is 187 Å². The van der Waals surface area contributed by atoms with Gasteiger partial charge in [0, 0.05) is 42.3 Å². The molecule has 0 saturated carbocycles. The number of aromatic nitrogens is 4. The molecule has 329 valence electrons. The molecule has 0 unspecified atom stereocenters. The molecule has 0 fully saturated rings. The quantitative estimate of drug-likeness (QED) is 0.0907. The SMILES string of the molecule is CC(C)c1cc(-c2ccccc2)cc(C(C)C)c1-n1c(-c2[c-]ccc3c2oc2cc4c(ccc5ccccc54)cc23)nc2ccccc21.C[Si](C)(C)c1cc(-c2[c-]cc(F)cc2)ncn1.[Ir]. The zero-order valence-electron chi connectivity index (χ0n) is 38.1. The molecule has 8 aromatic carbocycles. The molecule has 0 aliphatic rings. The van der Waals surface area contributed by atoms with E-state index in [9.17, 15) is 4.39 Å². The second kappa shape index (κ2) is 18.0. The molecule has 66 heavy (non-hydrogen) atoms. The summed E-state index contributed by atoms with van der Waals surface area (Å²) in [4.78, 5) is 13.9. The molecule has 11 aromatic rings. The molecule has 0 saturated heterocycles. The zero-order valence-corrected chi connectivity index (χ0v) is 41.5. The molecule has 0 N–H and O–H groups in total. The molecule has 3 aromatic heterocycles. The van der Waals surface area contributed by atoms with Crippen LogP contribution in [0.4, 0.5) is 4.39 Å². The normalized spacial score (nSPS) is 11.8. The topological polar surface area (TPSA) is 56.7 Å². The Morgan fingerprint density at radius 1 is 0.636 bits per heavy atom. The van der Waals surface area contributed by atoms with Crippen molar-refractivity contribution < 1.29 is 28.9 Å². The standard InChI is InChI=1S/C45H35N2O.C13H14FN2Si.Ir/c1-27(2)36-24-32(29-13-6-5-7-14-29)25-37(28(3)4)43(36)47-41-20-11-10-19-40(41)46-45(47)35-18-12-17-34-39-23-31-22-21-30-15-8-9-16-33(30)38(31)26-42(39)48-44(34)35;1-17(2,3)13-8-12(15-9-16-13)10-4-6-11(14)7-5-10;/h5-17,19-28H,1-4H3;4,6-9H,1-3H3;/q2*-1;. The number of hydrogen-bond donors (Lipinski definition) is 0. The van der Waals surface area contributed by atoms with Crippen LogP contribution in [0.5, 0.6) is 0 Å². The van der Waals surface area contributed by atoms with E-state index in [1.54, 1.807) is 12.4 Å². The van der Waals surface area contributed by atoms with Crippen LogP contribution >= 0.6 is 0 Å².